The van der Waals surface area contributed by atoms with Crippen molar-refractivity contribution in [2.24, 2.45) is 5.92 Å². The van der Waals surface area contributed by atoms with Crippen molar-refractivity contribution in [2.75, 3.05) is 11.9 Å². The molecule has 2 N–H and O–H groups in total. The Balaban J connectivity index is 1.70. The van der Waals surface area contributed by atoms with E-state index in [-0.39, 0.29) is 17.4 Å². The summed E-state index contributed by atoms with van der Waals surface area (Å²) in [4.78, 5) is 38.3. The fourth-order valence-corrected chi connectivity index (χ4v) is 3.74. The monoisotopic (exact) mass is 381 g/mol. The number of nitrogens with zero attached hydrogens (tertiary/aromatic N) is 1. The van der Waals surface area contributed by atoms with Crippen LogP contribution < -0.4 is 15.4 Å². The fraction of sp³-hybridized carbons (Fsp3) is 0.500. The first-order chi connectivity index (χ1) is 12.8. The van der Waals surface area contributed by atoms with Crippen LogP contribution in [0.15, 0.2) is 24.3 Å². The van der Waals surface area contributed by atoms with Gasteiger partial charge in [-0.25, -0.2) is 4.79 Å². The lowest BCUT2D eigenvalue weighted by Crippen LogP contribution is -2.54. The summed E-state index contributed by atoms with van der Waals surface area (Å²) in [5.41, 5.74) is -0.914. The van der Waals surface area contributed by atoms with Crippen LogP contribution in [0.2, 0.25) is 0 Å². The standard InChI is InChI=1S/C18H21F2N3O4/c1-11-6-4-5-9-18(11)15(25)23(17(26)22-18)10-14(24)21-12-7-2-3-8-13(12)27-16(19)20/h2-3,7-8,11,16H,4-6,9-10H2,1H3,(H,21,24)(H,22,26)/t11-,18+/m0/s1. The molecule has 2 fully saturated rings. The molecule has 3 rings (SSSR count). The lowest BCUT2D eigenvalue weighted by Gasteiger charge is -2.36. The van der Waals surface area contributed by atoms with Gasteiger partial charge in [-0.1, -0.05) is 31.9 Å². The Labute approximate surface area is 155 Å². The van der Waals surface area contributed by atoms with E-state index in [4.69, 9.17) is 0 Å². The molecule has 1 saturated carbocycles. The summed E-state index contributed by atoms with van der Waals surface area (Å²) in [5.74, 6) is -1.30. The number of hydrogen-bond acceptors (Lipinski definition) is 4. The van der Waals surface area contributed by atoms with E-state index in [9.17, 15) is 23.2 Å². The van der Waals surface area contributed by atoms with Crippen molar-refractivity contribution < 1.29 is 27.9 Å². The van der Waals surface area contributed by atoms with E-state index >= 15 is 0 Å². The van der Waals surface area contributed by atoms with Crippen LogP contribution in [-0.4, -0.2) is 41.4 Å². The van der Waals surface area contributed by atoms with E-state index < -0.39 is 36.5 Å². The fourth-order valence-electron chi connectivity index (χ4n) is 3.74. The number of imide groups is 1. The molecule has 0 unspecified atom stereocenters. The van der Waals surface area contributed by atoms with E-state index in [2.05, 4.69) is 15.4 Å². The van der Waals surface area contributed by atoms with Crippen molar-refractivity contribution >= 4 is 23.5 Å². The first-order valence-electron chi connectivity index (χ1n) is 8.81. The van der Waals surface area contributed by atoms with Gasteiger partial charge in [0.15, 0.2) is 0 Å². The van der Waals surface area contributed by atoms with Crippen LogP contribution in [-0.2, 0) is 9.59 Å². The van der Waals surface area contributed by atoms with Crippen molar-refractivity contribution in [2.45, 2.75) is 44.8 Å². The summed E-state index contributed by atoms with van der Waals surface area (Å²) in [6, 6.07) is 5.10. The molecule has 1 spiro atoms. The molecule has 27 heavy (non-hydrogen) atoms. The molecule has 2 aliphatic rings. The molecular formula is C18H21F2N3O4. The van der Waals surface area contributed by atoms with Crippen LogP contribution in [0.1, 0.15) is 32.6 Å². The minimum atomic E-state index is -3.04. The third kappa shape index (κ3) is 3.72. The maximum Gasteiger partial charge on any atom is 0.387 e. The summed E-state index contributed by atoms with van der Waals surface area (Å²) < 4.78 is 29.3. The molecule has 146 valence electrons. The Morgan fingerprint density at radius 2 is 2.11 bits per heavy atom. The molecule has 2 atom stereocenters. The largest absolute Gasteiger partial charge is 0.433 e. The second-order valence-corrected chi connectivity index (χ2v) is 6.86. The normalized spacial score (nSPS) is 25.0. The molecule has 0 bridgehead atoms. The molecule has 1 heterocycles. The Morgan fingerprint density at radius 3 is 2.81 bits per heavy atom. The molecule has 4 amide bonds. The van der Waals surface area contributed by atoms with E-state index in [1.165, 1.54) is 18.2 Å². The number of carbonyl (C=O) groups is 3. The third-order valence-electron chi connectivity index (χ3n) is 5.18. The highest BCUT2D eigenvalue weighted by molar-refractivity contribution is 6.10. The van der Waals surface area contributed by atoms with Crippen molar-refractivity contribution in [1.29, 1.82) is 0 Å². The number of carbonyl (C=O) groups excluding carboxylic acids is 3. The van der Waals surface area contributed by atoms with Gasteiger partial charge in [0.05, 0.1) is 5.69 Å². The maximum absolute atomic E-state index is 12.8. The summed E-state index contributed by atoms with van der Waals surface area (Å²) in [6.07, 6.45) is 3.19. The number of benzene rings is 1. The number of alkyl halides is 2. The predicted octanol–water partition coefficient (Wildman–Crippen LogP) is 2.73. The zero-order chi connectivity index (χ0) is 19.6. The van der Waals surface area contributed by atoms with Gasteiger partial charge in [0.1, 0.15) is 17.8 Å². The Hall–Kier alpha value is -2.71. The Kier molecular flexibility index (Phi) is 5.29. The van der Waals surface area contributed by atoms with Crippen LogP contribution >= 0.6 is 0 Å². The number of nitrogens with one attached hydrogen (secondary N) is 2. The molecule has 9 heteroatoms. The van der Waals surface area contributed by atoms with Crippen LogP contribution in [0.3, 0.4) is 0 Å². The van der Waals surface area contributed by atoms with Crippen molar-refractivity contribution in [1.82, 2.24) is 10.2 Å². The second kappa shape index (κ2) is 7.50. The van der Waals surface area contributed by atoms with Gasteiger partial charge < -0.3 is 15.4 Å². The van der Waals surface area contributed by atoms with Gasteiger partial charge in [-0.2, -0.15) is 8.78 Å². The number of rotatable bonds is 5. The quantitative estimate of drug-likeness (QED) is 0.768. The molecule has 1 aliphatic carbocycles. The number of amides is 4. The van der Waals surface area contributed by atoms with Gasteiger partial charge in [0.2, 0.25) is 5.91 Å². The molecule has 0 aromatic heterocycles. The highest BCUT2D eigenvalue weighted by atomic mass is 19.3. The van der Waals surface area contributed by atoms with E-state index in [1.54, 1.807) is 6.07 Å². The molecule has 7 nitrogen and oxygen atoms in total. The van der Waals surface area contributed by atoms with Crippen molar-refractivity contribution in [3.63, 3.8) is 0 Å². The zero-order valence-corrected chi connectivity index (χ0v) is 14.8. The van der Waals surface area contributed by atoms with Gasteiger partial charge in [0, 0.05) is 0 Å². The topological polar surface area (TPSA) is 87.7 Å². The number of ether oxygens (including phenoxy) is 1. The summed E-state index contributed by atoms with van der Waals surface area (Å²) in [5, 5.41) is 5.17. The first-order valence-corrected chi connectivity index (χ1v) is 8.81. The van der Waals surface area contributed by atoms with Crippen LogP contribution in [0, 0.1) is 5.92 Å². The summed E-state index contributed by atoms with van der Waals surface area (Å²) in [6.45, 7) is -1.62. The average molecular weight is 381 g/mol. The average Bonchev–Trinajstić information content (AvgIpc) is 2.84. The second-order valence-electron chi connectivity index (χ2n) is 6.86. The van der Waals surface area contributed by atoms with Crippen molar-refractivity contribution in [3.05, 3.63) is 24.3 Å². The molecule has 0 radical (unpaired) electrons. The number of urea groups is 1. The SMILES string of the molecule is C[C@H]1CCCC[C@@]12NC(=O)N(CC(=O)Nc1ccccc1OC(F)F)C2=O. The first kappa shape index (κ1) is 19.1. The van der Waals surface area contributed by atoms with Crippen molar-refractivity contribution in [3.8, 4) is 5.75 Å². The van der Waals surface area contributed by atoms with Crippen LogP contribution in [0.25, 0.3) is 0 Å². The number of halogens is 2. The van der Waals surface area contributed by atoms with E-state index in [0.717, 1.165) is 24.2 Å². The highest BCUT2D eigenvalue weighted by Crippen LogP contribution is 2.38. The Morgan fingerprint density at radius 1 is 1.37 bits per heavy atom. The van der Waals surface area contributed by atoms with Crippen LogP contribution in [0.4, 0.5) is 19.3 Å². The number of hydrogen-bond donors (Lipinski definition) is 2. The van der Waals surface area contributed by atoms with E-state index in [1.807, 2.05) is 6.92 Å². The lowest BCUT2D eigenvalue weighted by molar-refractivity contribution is -0.136. The molecule has 1 aromatic rings. The van der Waals surface area contributed by atoms with Gasteiger partial charge in [-0.3, -0.25) is 14.5 Å². The van der Waals surface area contributed by atoms with E-state index in [0.29, 0.717) is 6.42 Å². The number of para-hydroxylation sites is 2. The smallest absolute Gasteiger partial charge is 0.387 e. The molecule has 1 saturated heterocycles. The van der Waals surface area contributed by atoms with Gasteiger partial charge >= 0.3 is 12.6 Å². The highest BCUT2D eigenvalue weighted by Gasteiger charge is 2.55. The summed E-state index contributed by atoms with van der Waals surface area (Å²) in [7, 11) is 0. The Bertz CT molecular complexity index is 758. The van der Waals surface area contributed by atoms with Gasteiger partial charge in [-0.05, 0) is 30.9 Å². The zero-order valence-electron chi connectivity index (χ0n) is 14.8. The van der Waals surface area contributed by atoms with Gasteiger partial charge in [-0.15, -0.1) is 0 Å². The minimum Gasteiger partial charge on any atom is -0.433 e. The third-order valence-corrected chi connectivity index (χ3v) is 5.18. The maximum atomic E-state index is 12.8. The van der Waals surface area contributed by atoms with Crippen LogP contribution in [0.5, 0.6) is 5.75 Å². The molecular weight excluding hydrogens is 360 g/mol. The lowest BCUT2D eigenvalue weighted by atomic mass is 9.73. The molecule has 1 aliphatic heterocycles. The molecule has 1 aromatic carbocycles. The minimum absolute atomic E-state index is 0.0177. The van der Waals surface area contributed by atoms with Gasteiger partial charge in [0.25, 0.3) is 5.91 Å². The summed E-state index contributed by atoms with van der Waals surface area (Å²) >= 11 is 0. The predicted molar refractivity (Wildman–Crippen MR) is 92.3 cm³/mol. The number of anilines is 1.